The Bertz CT molecular complexity index is 1050. The summed E-state index contributed by atoms with van der Waals surface area (Å²) in [5.41, 5.74) is 5.50. The molecule has 0 fully saturated rings. The Morgan fingerprint density at radius 2 is 1.89 bits per heavy atom. The van der Waals surface area contributed by atoms with E-state index in [4.69, 9.17) is 10.5 Å². The van der Waals surface area contributed by atoms with Gasteiger partial charge in [-0.3, -0.25) is 4.79 Å². The average Bonchev–Trinajstić information content (AvgIpc) is 2.80. The van der Waals surface area contributed by atoms with Gasteiger partial charge in [0.15, 0.2) is 0 Å². The summed E-state index contributed by atoms with van der Waals surface area (Å²) in [6, 6.07) is 2.05. The molecule has 0 aliphatic carbocycles. The van der Waals surface area contributed by atoms with E-state index in [1.165, 1.54) is 10.9 Å². The van der Waals surface area contributed by atoms with Crippen molar-refractivity contribution in [2.45, 2.75) is 46.0 Å². The Morgan fingerprint density at radius 1 is 1.22 bits per heavy atom. The minimum Gasteiger partial charge on any atom is -0.459 e. The molecule has 3 aromatic rings. The molecule has 2 heterocycles. The van der Waals surface area contributed by atoms with Gasteiger partial charge in [0.2, 0.25) is 0 Å². The van der Waals surface area contributed by atoms with Crippen molar-refractivity contribution in [3.63, 3.8) is 0 Å². The zero-order valence-electron chi connectivity index (χ0n) is 15.3. The van der Waals surface area contributed by atoms with Gasteiger partial charge in [0.25, 0.3) is 0 Å². The maximum absolute atomic E-state index is 13.3. The van der Waals surface area contributed by atoms with Crippen LogP contribution in [0.25, 0.3) is 21.9 Å². The smallest absolute Gasteiger partial charge is 0.416 e. The first-order valence-electron chi connectivity index (χ1n) is 8.20. The predicted molar refractivity (Wildman–Crippen MR) is 95.0 cm³/mol. The summed E-state index contributed by atoms with van der Waals surface area (Å²) in [5.74, 6) is -0.482. The van der Waals surface area contributed by atoms with Gasteiger partial charge in [-0.05, 0) is 45.4 Å². The molecular weight excluding hydrogens is 361 g/mol. The molecule has 9 heteroatoms. The number of nitrogens with two attached hydrogens (primary N) is 1. The summed E-state index contributed by atoms with van der Waals surface area (Å²) < 4.78 is 46.6. The second kappa shape index (κ2) is 6.11. The lowest BCUT2D eigenvalue weighted by Crippen LogP contribution is -2.26. The molecule has 2 N–H and O–H groups in total. The fraction of sp³-hybridized carbons (Fsp3) is 0.389. The first-order valence-corrected chi connectivity index (χ1v) is 8.20. The number of aromatic nitrogens is 3. The van der Waals surface area contributed by atoms with Crippen LogP contribution >= 0.6 is 0 Å². The molecule has 0 atom stereocenters. The van der Waals surface area contributed by atoms with E-state index >= 15 is 0 Å². The Labute approximate surface area is 153 Å². The highest BCUT2D eigenvalue weighted by molar-refractivity contribution is 6.12. The van der Waals surface area contributed by atoms with Crippen LogP contribution in [0.4, 0.5) is 19.0 Å². The third-order valence-corrected chi connectivity index (χ3v) is 3.99. The first-order chi connectivity index (χ1) is 12.4. The number of nitrogens with zero attached hydrogens (tertiary/aromatic N) is 3. The van der Waals surface area contributed by atoms with Crippen LogP contribution in [0.1, 0.15) is 31.9 Å². The molecule has 0 aliphatic heterocycles. The number of nitrogen functional groups attached to an aromatic ring is 1. The minimum absolute atomic E-state index is 0.0478. The van der Waals surface area contributed by atoms with Crippen LogP contribution in [-0.2, 0) is 22.3 Å². The molecule has 1 aromatic carbocycles. The third kappa shape index (κ3) is 3.54. The number of benzene rings is 1. The van der Waals surface area contributed by atoms with Crippen LogP contribution in [-0.4, -0.2) is 26.1 Å². The molecular formula is C18H19F3N4O2. The summed E-state index contributed by atoms with van der Waals surface area (Å²) >= 11 is 0. The fourth-order valence-electron chi connectivity index (χ4n) is 3.11. The van der Waals surface area contributed by atoms with Crippen LogP contribution in [0.5, 0.6) is 0 Å². The Morgan fingerprint density at radius 3 is 2.48 bits per heavy atom. The summed E-state index contributed by atoms with van der Waals surface area (Å²) in [7, 11) is 0. The van der Waals surface area contributed by atoms with Crippen LogP contribution < -0.4 is 5.73 Å². The number of hydrogen-bond acceptors (Lipinski definition) is 5. The number of aryl methyl sites for hydroxylation is 1. The summed E-state index contributed by atoms with van der Waals surface area (Å²) in [6.45, 7) is 6.54. The molecule has 144 valence electrons. The Balaban J connectivity index is 2.29. The number of fused-ring (bicyclic) bond motifs is 3. The number of carbonyl (C=O) groups excluding carboxylic acids is 1. The zero-order valence-corrected chi connectivity index (χ0v) is 15.3. The van der Waals surface area contributed by atoms with Gasteiger partial charge in [-0.15, -0.1) is 0 Å². The zero-order chi connectivity index (χ0) is 20.1. The van der Waals surface area contributed by atoms with Crippen molar-refractivity contribution < 1.29 is 22.7 Å². The normalized spacial score (nSPS) is 12.7. The van der Waals surface area contributed by atoms with E-state index < -0.39 is 23.3 Å². The molecule has 27 heavy (non-hydrogen) atoms. The third-order valence-electron chi connectivity index (χ3n) is 3.99. The van der Waals surface area contributed by atoms with Crippen molar-refractivity contribution in [1.29, 1.82) is 0 Å². The SMILES string of the molecule is Cc1cc(C(F)(F)F)cc2c3c(N)ncnc3n(CC(=O)OC(C)(C)C)c12. The quantitative estimate of drug-likeness (QED) is 0.683. The highest BCUT2D eigenvalue weighted by atomic mass is 19.4. The van der Waals surface area contributed by atoms with Crippen LogP contribution in [0.2, 0.25) is 0 Å². The van der Waals surface area contributed by atoms with E-state index in [0.29, 0.717) is 11.1 Å². The van der Waals surface area contributed by atoms with Gasteiger partial charge in [0.05, 0.1) is 16.5 Å². The molecule has 0 aliphatic rings. The summed E-state index contributed by atoms with van der Waals surface area (Å²) in [4.78, 5) is 20.4. The van der Waals surface area contributed by atoms with Gasteiger partial charge in [0, 0.05) is 5.39 Å². The number of carbonyl (C=O) groups is 1. The number of alkyl halides is 3. The van der Waals surface area contributed by atoms with E-state index in [1.54, 1.807) is 27.7 Å². The predicted octanol–water partition coefficient (Wildman–Crippen LogP) is 3.84. The molecule has 0 saturated carbocycles. The standard InChI is InChI=1S/C18H19F3N4O2/c1-9-5-10(18(19,20)21)6-11-13-15(22)23-8-24-16(13)25(14(9)11)7-12(26)27-17(2,3)4/h5-6,8H,7H2,1-4H3,(H2,22,23,24). The summed E-state index contributed by atoms with van der Waals surface area (Å²) in [6.07, 6.45) is -3.30. The van der Waals surface area contributed by atoms with Gasteiger partial charge in [-0.25, -0.2) is 9.97 Å². The van der Waals surface area contributed by atoms with Gasteiger partial charge >= 0.3 is 12.1 Å². The van der Waals surface area contributed by atoms with Gasteiger partial charge in [-0.1, -0.05) is 0 Å². The van der Waals surface area contributed by atoms with Gasteiger partial charge in [0.1, 0.15) is 29.9 Å². The Kier molecular flexibility index (Phi) is 4.28. The van der Waals surface area contributed by atoms with Crippen molar-refractivity contribution in [3.8, 4) is 0 Å². The molecule has 0 unspecified atom stereocenters. The maximum Gasteiger partial charge on any atom is 0.416 e. The van der Waals surface area contributed by atoms with Crippen LogP contribution in [0.15, 0.2) is 18.5 Å². The molecule has 0 bridgehead atoms. The topological polar surface area (TPSA) is 83.0 Å². The Hall–Kier alpha value is -2.84. The van der Waals surface area contributed by atoms with E-state index in [-0.39, 0.29) is 28.8 Å². The first kappa shape index (κ1) is 18.9. The molecule has 0 radical (unpaired) electrons. The number of ether oxygens (including phenoxy) is 1. The molecule has 3 rings (SSSR count). The number of esters is 1. The van der Waals surface area contributed by atoms with E-state index in [9.17, 15) is 18.0 Å². The van der Waals surface area contributed by atoms with E-state index in [0.717, 1.165) is 12.1 Å². The molecule has 6 nitrogen and oxygen atoms in total. The van der Waals surface area contributed by atoms with Crippen molar-refractivity contribution in [1.82, 2.24) is 14.5 Å². The highest BCUT2D eigenvalue weighted by Crippen LogP contribution is 2.38. The fourth-order valence-corrected chi connectivity index (χ4v) is 3.11. The number of hydrogen-bond donors (Lipinski definition) is 1. The van der Waals surface area contributed by atoms with E-state index in [2.05, 4.69) is 9.97 Å². The van der Waals surface area contributed by atoms with Gasteiger partial charge in [-0.2, -0.15) is 13.2 Å². The number of halogens is 3. The molecule has 0 amide bonds. The van der Waals surface area contributed by atoms with Gasteiger partial charge < -0.3 is 15.0 Å². The molecule has 2 aromatic heterocycles. The highest BCUT2D eigenvalue weighted by Gasteiger charge is 2.32. The number of anilines is 1. The van der Waals surface area contributed by atoms with Crippen LogP contribution in [0.3, 0.4) is 0 Å². The minimum atomic E-state index is -4.51. The van der Waals surface area contributed by atoms with Crippen molar-refractivity contribution >= 4 is 33.7 Å². The second-order valence-electron chi connectivity index (χ2n) is 7.32. The van der Waals surface area contributed by atoms with E-state index in [1.807, 2.05) is 0 Å². The van der Waals surface area contributed by atoms with Crippen molar-refractivity contribution in [2.75, 3.05) is 5.73 Å². The molecule has 0 saturated heterocycles. The average molecular weight is 380 g/mol. The van der Waals surface area contributed by atoms with Crippen LogP contribution in [0, 0.1) is 6.92 Å². The molecule has 0 spiro atoms. The monoisotopic (exact) mass is 380 g/mol. The largest absolute Gasteiger partial charge is 0.459 e. The lowest BCUT2D eigenvalue weighted by Gasteiger charge is -2.20. The number of rotatable bonds is 2. The lowest BCUT2D eigenvalue weighted by molar-refractivity contribution is -0.155. The summed E-state index contributed by atoms with van der Waals surface area (Å²) in [5, 5.41) is 0.532. The maximum atomic E-state index is 13.3. The van der Waals surface area contributed by atoms with Crippen molar-refractivity contribution in [3.05, 3.63) is 29.6 Å². The lowest BCUT2D eigenvalue weighted by atomic mass is 10.1. The van der Waals surface area contributed by atoms with Crippen molar-refractivity contribution in [2.24, 2.45) is 0 Å². The second-order valence-corrected chi connectivity index (χ2v) is 7.32.